The van der Waals surface area contributed by atoms with E-state index in [1.165, 1.54) is 0 Å². The highest BCUT2D eigenvalue weighted by Gasteiger charge is 2.28. The molecular formula is C13H19ClN2O2. The zero-order chi connectivity index (χ0) is 12.3. The number of hydrogen-bond acceptors (Lipinski definition) is 3. The fraction of sp³-hybridized carbons (Fsp3) is 0.462. The summed E-state index contributed by atoms with van der Waals surface area (Å²) in [4.78, 5) is 13.9. The summed E-state index contributed by atoms with van der Waals surface area (Å²) in [7, 11) is 0. The molecule has 0 spiro atoms. The minimum Gasteiger partial charge on any atom is -0.378 e. The lowest BCUT2D eigenvalue weighted by atomic mass is 10.1. The Morgan fingerprint density at radius 1 is 1.44 bits per heavy atom. The van der Waals surface area contributed by atoms with Gasteiger partial charge in [0.05, 0.1) is 0 Å². The molecule has 0 bridgehead atoms. The van der Waals surface area contributed by atoms with Gasteiger partial charge in [-0.25, -0.2) is 0 Å². The molecule has 1 unspecified atom stereocenters. The van der Waals surface area contributed by atoms with Gasteiger partial charge in [-0.3, -0.25) is 4.79 Å². The number of hydrogen-bond donors (Lipinski definition) is 2. The molecule has 0 aliphatic carbocycles. The fourth-order valence-corrected chi connectivity index (χ4v) is 2.10. The van der Waals surface area contributed by atoms with Crippen molar-refractivity contribution >= 4 is 18.3 Å². The van der Waals surface area contributed by atoms with E-state index in [-0.39, 0.29) is 24.4 Å². The molecule has 5 heteroatoms. The summed E-state index contributed by atoms with van der Waals surface area (Å²) in [5, 5.41) is 13.3. The zero-order valence-corrected chi connectivity index (χ0v) is 11.2. The van der Waals surface area contributed by atoms with Gasteiger partial charge in [0.1, 0.15) is 0 Å². The highest BCUT2D eigenvalue weighted by Crippen LogP contribution is 2.17. The van der Waals surface area contributed by atoms with Crippen molar-refractivity contribution in [2.75, 3.05) is 19.6 Å². The van der Waals surface area contributed by atoms with E-state index in [4.69, 9.17) is 0 Å². The summed E-state index contributed by atoms with van der Waals surface area (Å²) in [6.45, 7) is 4.22. The first-order valence-electron chi connectivity index (χ1n) is 5.94. The second-order valence-corrected chi connectivity index (χ2v) is 4.40. The Hall–Kier alpha value is -1.10. The van der Waals surface area contributed by atoms with Crippen LogP contribution in [0.25, 0.3) is 0 Å². The molecule has 18 heavy (non-hydrogen) atoms. The first kappa shape index (κ1) is 15.0. The van der Waals surface area contributed by atoms with E-state index in [1.807, 2.05) is 25.1 Å². The van der Waals surface area contributed by atoms with Crippen molar-refractivity contribution in [1.29, 1.82) is 0 Å². The number of rotatable bonds is 2. The van der Waals surface area contributed by atoms with Crippen LogP contribution < -0.4 is 5.32 Å². The van der Waals surface area contributed by atoms with Crippen molar-refractivity contribution < 1.29 is 9.90 Å². The van der Waals surface area contributed by atoms with Crippen molar-refractivity contribution in [3.05, 3.63) is 35.9 Å². The monoisotopic (exact) mass is 270 g/mol. The van der Waals surface area contributed by atoms with Crippen LogP contribution in [0.15, 0.2) is 30.3 Å². The number of nitrogens with one attached hydrogen (secondary N) is 1. The molecule has 1 fully saturated rings. The molecule has 1 heterocycles. The highest BCUT2D eigenvalue weighted by molar-refractivity contribution is 5.85. The molecule has 1 aliphatic rings. The van der Waals surface area contributed by atoms with Gasteiger partial charge >= 0.3 is 0 Å². The van der Waals surface area contributed by atoms with E-state index in [0.717, 1.165) is 13.1 Å². The number of aliphatic hydroxyl groups excluding tert-OH is 1. The second-order valence-electron chi connectivity index (χ2n) is 4.40. The van der Waals surface area contributed by atoms with E-state index >= 15 is 0 Å². The summed E-state index contributed by atoms with van der Waals surface area (Å²) >= 11 is 0. The third-order valence-corrected chi connectivity index (χ3v) is 3.13. The number of piperazine rings is 1. The van der Waals surface area contributed by atoms with Crippen LogP contribution in [-0.4, -0.2) is 41.6 Å². The van der Waals surface area contributed by atoms with Crippen LogP contribution in [0, 0.1) is 0 Å². The largest absolute Gasteiger partial charge is 0.378 e. The molecule has 1 aromatic rings. The summed E-state index contributed by atoms with van der Waals surface area (Å²) in [5.41, 5.74) is 0.656. The molecule has 1 aromatic carbocycles. The number of nitrogens with zero attached hydrogens (tertiary/aromatic N) is 1. The van der Waals surface area contributed by atoms with E-state index in [9.17, 15) is 9.90 Å². The predicted molar refractivity (Wildman–Crippen MR) is 72.7 cm³/mol. The number of halogens is 1. The molecule has 0 radical (unpaired) electrons. The molecule has 2 N–H and O–H groups in total. The van der Waals surface area contributed by atoms with E-state index in [1.54, 1.807) is 17.0 Å². The standard InChI is InChI=1S/C13H18N2O2.ClH/c1-10-9-14-7-8-15(10)13(17)12(16)11-5-3-2-4-6-11;/h2-6,10,12,14,16H,7-9H2,1H3;1H/t10-,12?;/m1./s1. The van der Waals surface area contributed by atoms with Gasteiger partial charge in [-0.2, -0.15) is 0 Å². The maximum atomic E-state index is 12.2. The lowest BCUT2D eigenvalue weighted by molar-refractivity contribution is -0.143. The predicted octanol–water partition coefficient (Wildman–Crippen LogP) is 0.962. The third-order valence-electron chi connectivity index (χ3n) is 3.13. The molecule has 2 atom stereocenters. The normalized spacial score (nSPS) is 21.0. The second kappa shape index (κ2) is 6.73. The van der Waals surface area contributed by atoms with Crippen molar-refractivity contribution in [1.82, 2.24) is 10.2 Å². The number of benzene rings is 1. The van der Waals surface area contributed by atoms with Gasteiger partial charge in [0.15, 0.2) is 6.10 Å². The first-order valence-corrected chi connectivity index (χ1v) is 5.94. The highest BCUT2D eigenvalue weighted by atomic mass is 35.5. The molecule has 1 aliphatic heterocycles. The number of carbonyl (C=O) groups excluding carboxylic acids is 1. The number of aliphatic hydroxyl groups is 1. The van der Waals surface area contributed by atoms with Gasteiger partial charge in [-0.1, -0.05) is 30.3 Å². The topological polar surface area (TPSA) is 52.6 Å². The van der Waals surface area contributed by atoms with Gasteiger partial charge < -0.3 is 15.3 Å². The SMILES string of the molecule is C[C@@H]1CNCCN1C(=O)C(O)c1ccccc1.Cl. The van der Waals surface area contributed by atoms with Crippen molar-refractivity contribution in [2.24, 2.45) is 0 Å². The van der Waals surface area contributed by atoms with Gasteiger partial charge in [0.25, 0.3) is 5.91 Å². The summed E-state index contributed by atoms with van der Waals surface area (Å²) in [6.07, 6.45) is -1.04. The molecule has 1 amide bonds. The summed E-state index contributed by atoms with van der Waals surface area (Å²) in [5.74, 6) is -0.204. The Labute approximate surface area is 113 Å². The zero-order valence-electron chi connectivity index (χ0n) is 10.4. The van der Waals surface area contributed by atoms with Gasteiger partial charge in [-0.05, 0) is 12.5 Å². The quantitative estimate of drug-likeness (QED) is 0.842. The van der Waals surface area contributed by atoms with Gasteiger partial charge in [0, 0.05) is 25.7 Å². The van der Waals surface area contributed by atoms with Crippen LogP contribution in [-0.2, 0) is 4.79 Å². The van der Waals surface area contributed by atoms with Gasteiger partial charge in [0.2, 0.25) is 0 Å². The maximum Gasteiger partial charge on any atom is 0.256 e. The summed E-state index contributed by atoms with van der Waals surface area (Å²) in [6, 6.07) is 9.20. The molecule has 4 nitrogen and oxygen atoms in total. The van der Waals surface area contributed by atoms with Crippen LogP contribution in [0.1, 0.15) is 18.6 Å². The average molecular weight is 271 g/mol. The average Bonchev–Trinajstić information content (AvgIpc) is 2.39. The van der Waals surface area contributed by atoms with Crippen molar-refractivity contribution in [3.8, 4) is 0 Å². The van der Waals surface area contributed by atoms with Crippen LogP contribution in [0.2, 0.25) is 0 Å². The number of amides is 1. The minimum absolute atomic E-state index is 0. The first-order chi connectivity index (χ1) is 8.20. The van der Waals surface area contributed by atoms with Crippen molar-refractivity contribution in [2.45, 2.75) is 19.1 Å². The van der Waals surface area contributed by atoms with E-state index < -0.39 is 6.10 Å². The Morgan fingerprint density at radius 2 is 2.11 bits per heavy atom. The Balaban J connectivity index is 0.00000162. The number of carbonyl (C=O) groups is 1. The Bertz CT molecular complexity index is 386. The van der Waals surface area contributed by atoms with Crippen LogP contribution in [0.5, 0.6) is 0 Å². The lowest BCUT2D eigenvalue weighted by Gasteiger charge is -2.35. The minimum atomic E-state index is -1.04. The summed E-state index contributed by atoms with van der Waals surface area (Å²) < 4.78 is 0. The Morgan fingerprint density at radius 3 is 2.72 bits per heavy atom. The van der Waals surface area contributed by atoms with Gasteiger partial charge in [-0.15, -0.1) is 12.4 Å². The van der Waals surface area contributed by atoms with Crippen LogP contribution in [0.4, 0.5) is 0 Å². The smallest absolute Gasteiger partial charge is 0.256 e. The van der Waals surface area contributed by atoms with Crippen LogP contribution in [0.3, 0.4) is 0 Å². The molecule has 2 rings (SSSR count). The van der Waals surface area contributed by atoms with Crippen LogP contribution >= 0.6 is 12.4 Å². The molecule has 0 saturated carbocycles. The maximum absolute atomic E-state index is 12.2. The van der Waals surface area contributed by atoms with E-state index in [0.29, 0.717) is 12.1 Å². The molecular weight excluding hydrogens is 252 g/mol. The molecule has 1 saturated heterocycles. The lowest BCUT2D eigenvalue weighted by Crippen LogP contribution is -2.53. The molecule has 0 aromatic heterocycles. The third kappa shape index (κ3) is 3.22. The Kier molecular flexibility index (Phi) is 5.59. The van der Waals surface area contributed by atoms with Crippen molar-refractivity contribution in [3.63, 3.8) is 0 Å². The fourth-order valence-electron chi connectivity index (χ4n) is 2.10. The van der Waals surface area contributed by atoms with E-state index in [2.05, 4.69) is 5.32 Å². The molecule has 100 valence electrons.